The summed E-state index contributed by atoms with van der Waals surface area (Å²) in [5, 5.41) is 26.3. The number of hydrogen-bond donors (Lipinski definition) is 3. The van der Waals surface area contributed by atoms with Crippen molar-refractivity contribution in [2.45, 2.75) is 193 Å². The van der Waals surface area contributed by atoms with E-state index in [1.807, 2.05) is 65.0 Å². The van der Waals surface area contributed by atoms with Gasteiger partial charge in [-0.25, -0.2) is 9.59 Å². The van der Waals surface area contributed by atoms with Gasteiger partial charge in [-0.1, -0.05) is 78.0 Å². The monoisotopic (exact) mass is 1130 g/mol. The quantitative estimate of drug-likeness (QED) is 0.0525. The minimum absolute atomic E-state index is 0.00177. The van der Waals surface area contributed by atoms with Crippen LogP contribution in [0.25, 0.3) is 0 Å². The van der Waals surface area contributed by atoms with Crippen LogP contribution in [0.2, 0.25) is 0 Å². The van der Waals surface area contributed by atoms with Crippen molar-refractivity contribution in [2.24, 2.45) is 35.5 Å². The Morgan fingerprint density at radius 2 is 1.51 bits per heavy atom. The summed E-state index contributed by atoms with van der Waals surface area (Å²) in [6.45, 7) is 17.7. The molecule has 19 nitrogen and oxygen atoms in total. The van der Waals surface area contributed by atoms with Gasteiger partial charge in [0.15, 0.2) is 5.78 Å². The lowest BCUT2D eigenvalue weighted by Gasteiger charge is -2.42. The van der Waals surface area contributed by atoms with Crippen molar-refractivity contribution < 1.29 is 81.6 Å². The van der Waals surface area contributed by atoms with E-state index in [9.17, 15) is 39.0 Å². The third kappa shape index (κ3) is 20.9. The molecule has 0 unspecified atom stereocenters. The lowest BCUT2D eigenvalue weighted by molar-refractivity contribution is -0.265. The van der Waals surface area contributed by atoms with Crippen molar-refractivity contribution in [1.29, 1.82) is 0 Å². The molecule has 2 saturated heterocycles. The Kier molecular flexibility index (Phi) is 30.0. The highest BCUT2D eigenvalue weighted by Gasteiger charge is 2.53. The van der Waals surface area contributed by atoms with Crippen LogP contribution in [0.15, 0.2) is 47.6 Å². The number of piperidine rings is 1. The number of alkyl carbamates (subject to hydrolysis) is 1. The number of Topliss-reactive ketones (excluding diaryl/α,β-unsaturated/α-hetero) is 3. The number of nitrogens with zero attached hydrogens (tertiary/aromatic N) is 1. The van der Waals surface area contributed by atoms with E-state index in [1.54, 1.807) is 41.1 Å². The first-order valence-corrected chi connectivity index (χ1v) is 29.4. The second-order valence-electron chi connectivity index (χ2n) is 22.7. The molecule has 4 aliphatic rings. The Morgan fingerprint density at radius 1 is 0.812 bits per heavy atom. The maximum atomic E-state index is 14.6. The molecular formula is C61H98N2O17. The number of ketones is 3. The lowest BCUT2D eigenvalue weighted by atomic mass is 9.78. The van der Waals surface area contributed by atoms with Crippen molar-refractivity contribution in [3.05, 3.63) is 47.6 Å². The zero-order chi connectivity index (χ0) is 58.9. The van der Waals surface area contributed by atoms with Crippen LogP contribution in [0.5, 0.6) is 0 Å². The van der Waals surface area contributed by atoms with Crippen LogP contribution in [-0.2, 0) is 66.6 Å². The average molecular weight is 1130 g/mol. The number of cyclic esters (lactones) is 1. The third-order valence-electron chi connectivity index (χ3n) is 16.3. The van der Waals surface area contributed by atoms with Crippen molar-refractivity contribution >= 4 is 35.3 Å². The van der Waals surface area contributed by atoms with Gasteiger partial charge in [0.25, 0.3) is 11.7 Å². The summed E-state index contributed by atoms with van der Waals surface area (Å²) in [6.07, 6.45) is 10.8. The molecule has 0 aromatic carbocycles. The van der Waals surface area contributed by atoms with E-state index >= 15 is 0 Å². The molecule has 1 aliphatic carbocycles. The summed E-state index contributed by atoms with van der Waals surface area (Å²) in [6, 6.07) is -1.19. The Bertz CT molecular complexity index is 2090. The van der Waals surface area contributed by atoms with Crippen molar-refractivity contribution in [3.63, 3.8) is 0 Å². The van der Waals surface area contributed by atoms with Crippen LogP contribution in [0.4, 0.5) is 4.79 Å². The highest BCUT2D eigenvalue weighted by Crippen LogP contribution is 2.38. The van der Waals surface area contributed by atoms with E-state index in [-0.39, 0.29) is 55.9 Å². The maximum Gasteiger partial charge on any atom is 0.407 e. The molecule has 3 heterocycles. The molecule has 1 saturated carbocycles. The van der Waals surface area contributed by atoms with E-state index in [0.29, 0.717) is 103 Å². The predicted molar refractivity (Wildman–Crippen MR) is 300 cm³/mol. The summed E-state index contributed by atoms with van der Waals surface area (Å²) in [7, 11) is 4.51. The molecule has 454 valence electrons. The molecule has 3 aliphatic heterocycles. The van der Waals surface area contributed by atoms with E-state index in [4.69, 9.17) is 42.6 Å². The molecular weight excluding hydrogens is 1030 g/mol. The van der Waals surface area contributed by atoms with E-state index in [2.05, 4.69) is 5.32 Å². The van der Waals surface area contributed by atoms with Crippen molar-refractivity contribution in [2.75, 3.05) is 74.1 Å². The number of allylic oxidation sites excluding steroid dienone is 6. The highest BCUT2D eigenvalue weighted by atomic mass is 16.6. The molecule has 0 aromatic rings. The topological polar surface area (TPSA) is 241 Å². The van der Waals surface area contributed by atoms with Gasteiger partial charge in [0, 0.05) is 71.6 Å². The molecule has 0 radical (unpaired) electrons. The molecule has 3 N–H and O–H groups in total. The normalized spacial score (nSPS) is 34.9. The minimum atomic E-state index is -2.46. The number of aliphatic hydroxyl groups is 2. The van der Waals surface area contributed by atoms with Crippen LogP contribution in [0, 0.1) is 35.5 Å². The number of methoxy groups -OCH3 is 3. The fourth-order valence-electron chi connectivity index (χ4n) is 11.3. The summed E-state index contributed by atoms with van der Waals surface area (Å²) >= 11 is 0. The first kappa shape index (κ1) is 68.3. The molecule has 2 amide bonds. The molecule has 19 heteroatoms. The number of hydrogen-bond acceptors (Lipinski definition) is 17. The predicted octanol–water partition coefficient (Wildman–Crippen LogP) is 7.37. The van der Waals surface area contributed by atoms with Gasteiger partial charge in [-0.05, 0) is 113 Å². The number of ether oxygens (including phenoxy) is 9. The van der Waals surface area contributed by atoms with Gasteiger partial charge in [0.2, 0.25) is 5.79 Å². The zero-order valence-corrected chi connectivity index (χ0v) is 49.9. The number of fused-ring (bicyclic) bond motifs is 3. The molecule has 2 bridgehead atoms. The Balaban J connectivity index is 1.57. The largest absolute Gasteiger partial charge is 0.460 e. The second kappa shape index (κ2) is 35.1. The maximum absolute atomic E-state index is 14.6. The van der Waals surface area contributed by atoms with E-state index in [0.717, 1.165) is 12.0 Å². The summed E-state index contributed by atoms with van der Waals surface area (Å²) in [5.74, 6) is -8.42. The average Bonchev–Trinajstić information content (AvgIpc) is 3.49. The smallest absolute Gasteiger partial charge is 0.407 e. The molecule has 80 heavy (non-hydrogen) atoms. The zero-order valence-electron chi connectivity index (χ0n) is 49.9. The second-order valence-corrected chi connectivity index (χ2v) is 22.7. The van der Waals surface area contributed by atoms with Crippen LogP contribution >= 0.6 is 0 Å². The minimum Gasteiger partial charge on any atom is -0.460 e. The van der Waals surface area contributed by atoms with Crippen molar-refractivity contribution in [3.8, 4) is 0 Å². The fourth-order valence-corrected chi connectivity index (χ4v) is 11.3. The molecule has 15 atom stereocenters. The summed E-state index contributed by atoms with van der Waals surface area (Å²) in [5.41, 5.74) is 1.23. The van der Waals surface area contributed by atoms with Gasteiger partial charge in [0.05, 0.1) is 51.3 Å². The third-order valence-corrected chi connectivity index (χ3v) is 16.3. The van der Waals surface area contributed by atoms with Gasteiger partial charge in [-0.3, -0.25) is 19.2 Å². The van der Waals surface area contributed by atoms with Crippen molar-refractivity contribution in [1.82, 2.24) is 10.2 Å². The van der Waals surface area contributed by atoms with Gasteiger partial charge in [-0.2, -0.15) is 0 Å². The van der Waals surface area contributed by atoms with Gasteiger partial charge >= 0.3 is 12.1 Å². The number of amides is 2. The van der Waals surface area contributed by atoms with Crippen LogP contribution < -0.4 is 5.32 Å². The van der Waals surface area contributed by atoms with Gasteiger partial charge in [0.1, 0.15) is 36.2 Å². The lowest BCUT2D eigenvalue weighted by Crippen LogP contribution is -2.61. The summed E-state index contributed by atoms with van der Waals surface area (Å²) < 4.78 is 52.1. The van der Waals surface area contributed by atoms with Gasteiger partial charge in [-0.15, -0.1) is 0 Å². The SMILES string of the molecule is CCCOCCOCCOCCNC(=O)O[C@@H]1CC[C@@H](C[C@@H](C)[C@@H]2CC(=O)[C@H](C)/C=C(\C)[C@@H](O)[C@@H](OC)C(=O)[C@H](C)C[C@H](C)/C=C/C=C/C=C(\C)[C@@H](OC)C[C@@H]3CC[C@@H](C)[C@@](O)(O3)C(=O)C(=O)N3CCCC[C@H]3C(=O)O2)C[C@H]1OC. The Hall–Kier alpha value is -4.18. The molecule has 0 aromatic heterocycles. The molecule has 4 rings (SSSR count). The highest BCUT2D eigenvalue weighted by molar-refractivity contribution is 6.39. The van der Waals surface area contributed by atoms with Crippen LogP contribution in [-0.4, -0.2) is 179 Å². The standard InChI is InChI=1S/C61H98N2O17/c1-12-27-75-29-31-77-32-30-76-28-25-62-60(70)79-50-24-22-46(36-53(50)73-10)35-42(5)52-38-49(64)41(4)34-44(7)55(66)56(74-11)54(65)43(6)33-39(2)18-14-13-15-19-40(3)51(72-9)37-47-23-21-45(8)61(71,80-47)57(67)58(68)63-26-17-16-20-48(63)59(69)78-52/h13-15,18-19,34,39,41-43,45-48,50-53,55-56,66,71H,12,16-17,20-33,35-38H2,1-11H3,(H,62,70)/b15-13+,18-14+,40-19+,44-34+/t39-,41-,42-,43-,45-,46+,47+,48+,50-,51+,52+,53-,55-,56+,61-/m1/s1. The Labute approximate surface area is 476 Å². The Morgan fingerprint density at radius 3 is 2.19 bits per heavy atom. The number of nitrogens with one attached hydrogen (secondary N) is 1. The number of rotatable bonds is 18. The van der Waals surface area contributed by atoms with E-state index < -0.39 is 102 Å². The number of carbonyl (C=O) groups excluding carboxylic acids is 6. The van der Waals surface area contributed by atoms with Gasteiger partial charge < -0.3 is 63.1 Å². The summed E-state index contributed by atoms with van der Waals surface area (Å²) in [4.78, 5) is 85.6. The molecule has 3 fully saturated rings. The number of esters is 1. The molecule has 0 spiro atoms. The first-order valence-electron chi connectivity index (χ1n) is 29.4. The van der Waals surface area contributed by atoms with Crippen LogP contribution in [0.3, 0.4) is 0 Å². The number of carbonyl (C=O) groups is 6. The number of aliphatic hydroxyl groups excluding tert-OH is 1. The van der Waals surface area contributed by atoms with Crippen LogP contribution in [0.1, 0.15) is 139 Å². The fraction of sp³-hybridized carbons (Fsp3) is 0.770. The first-order chi connectivity index (χ1) is 38.2. The van der Waals surface area contributed by atoms with E-state index in [1.165, 1.54) is 12.0 Å².